The Balaban J connectivity index is 3.16. The van der Waals surface area contributed by atoms with Crippen molar-refractivity contribution in [2.45, 2.75) is 0 Å². The van der Waals surface area contributed by atoms with Crippen molar-refractivity contribution in [1.82, 2.24) is 10.4 Å². The second-order valence-electron chi connectivity index (χ2n) is 1.58. The first kappa shape index (κ1) is 4.40. The Morgan fingerprint density at radius 3 is 3.40 bits per heavy atom. The Bertz CT molecular complexity index is 312. The minimum atomic E-state index is -0.158. The highest BCUT2D eigenvalue weighted by Crippen LogP contribution is 1.90. The standard InChI is InChI=1S/C6H8N4/c7-6(10-8)5-3-1-2-4-9-5/h1-4H,8H2,(H2,7,10)/i1T,3T. The van der Waals surface area contributed by atoms with Gasteiger partial charge in [-0.2, -0.15) is 0 Å². The highest BCUT2D eigenvalue weighted by atomic mass is 15.2. The molecule has 1 aromatic heterocycles. The van der Waals surface area contributed by atoms with Gasteiger partial charge in [0.05, 0.1) is 2.74 Å². The first-order valence-electron chi connectivity index (χ1n) is 3.64. The van der Waals surface area contributed by atoms with Gasteiger partial charge in [-0.1, -0.05) is 6.04 Å². The molecule has 4 N–H and O–H groups in total. The van der Waals surface area contributed by atoms with Crippen LogP contribution in [0, 0.1) is 5.41 Å². The first-order chi connectivity index (χ1) is 5.66. The Morgan fingerprint density at radius 1 is 1.90 bits per heavy atom. The SMILES string of the molecule is [3H]c1ccnc(C(=N)NN)c1[3H]. The van der Waals surface area contributed by atoms with E-state index in [1.165, 1.54) is 12.3 Å². The minimum Gasteiger partial charge on any atom is -0.307 e. The molecule has 0 aliphatic carbocycles. The number of rotatable bonds is 1. The van der Waals surface area contributed by atoms with Crippen LogP contribution < -0.4 is 11.3 Å². The van der Waals surface area contributed by atoms with Gasteiger partial charge in [0.2, 0.25) is 0 Å². The number of nitrogens with zero attached hydrogens (tertiary/aromatic N) is 1. The Labute approximate surface area is 61.4 Å². The fraction of sp³-hybridized carbons (Fsp3) is 0. The smallest absolute Gasteiger partial charge is 0.158 e. The van der Waals surface area contributed by atoms with E-state index >= 15 is 0 Å². The normalized spacial score (nSPS) is 11.7. The summed E-state index contributed by atoms with van der Waals surface area (Å²) in [5, 5.41) is 7.21. The molecule has 1 heterocycles. The highest BCUT2D eigenvalue weighted by Gasteiger charge is 1.95. The van der Waals surface area contributed by atoms with E-state index in [0.717, 1.165) is 0 Å². The summed E-state index contributed by atoms with van der Waals surface area (Å²) >= 11 is 0. The predicted octanol–water partition coefficient (Wildman–Crippen LogP) is -0.130. The average Bonchev–Trinajstić information content (AvgIpc) is 2.08. The van der Waals surface area contributed by atoms with E-state index in [0.29, 0.717) is 0 Å². The lowest BCUT2D eigenvalue weighted by atomic mass is 10.3. The van der Waals surface area contributed by atoms with Gasteiger partial charge in [0.15, 0.2) is 5.84 Å². The van der Waals surface area contributed by atoms with E-state index in [4.69, 9.17) is 14.0 Å². The summed E-state index contributed by atoms with van der Waals surface area (Å²) in [6.45, 7) is 0. The molecule has 10 heavy (non-hydrogen) atoms. The number of nitrogens with two attached hydrogens (primary N) is 1. The molecule has 0 saturated carbocycles. The molecule has 1 rings (SSSR count). The molecule has 0 radical (unpaired) electrons. The third-order valence-corrected chi connectivity index (χ3v) is 0.933. The maximum Gasteiger partial charge on any atom is 0.158 e. The van der Waals surface area contributed by atoms with Crippen LogP contribution in [0.5, 0.6) is 0 Å². The topological polar surface area (TPSA) is 74.8 Å². The van der Waals surface area contributed by atoms with Crippen LogP contribution in [0.25, 0.3) is 0 Å². The van der Waals surface area contributed by atoms with Crippen LogP contribution in [0.4, 0.5) is 0 Å². The zero-order chi connectivity index (χ0) is 9.14. The lowest BCUT2D eigenvalue weighted by Crippen LogP contribution is -2.30. The molecule has 0 spiro atoms. The summed E-state index contributed by atoms with van der Waals surface area (Å²) in [5.74, 6) is 4.81. The fourth-order valence-corrected chi connectivity index (χ4v) is 0.487. The molecule has 0 atom stereocenters. The molecule has 4 heteroatoms. The van der Waals surface area contributed by atoms with Crippen molar-refractivity contribution >= 4 is 5.84 Å². The molecule has 0 unspecified atom stereocenters. The van der Waals surface area contributed by atoms with Crippen LogP contribution >= 0.6 is 0 Å². The number of nitrogens with one attached hydrogen (secondary N) is 2. The zero-order valence-corrected chi connectivity index (χ0v) is 5.18. The number of aromatic nitrogens is 1. The van der Waals surface area contributed by atoms with Gasteiger partial charge in [-0.25, -0.2) is 5.84 Å². The van der Waals surface area contributed by atoms with Crippen molar-refractivity contribution in [2.24, 2.45) is 5.84 Å². The van der Waals surface area contributed by atoms with E-state index < -0.39 is 0 Å². The van der Waals surface area contributed by atoms with Crippen molar-refractivity contribution < 1.29 is 2.74 Å². The zero-order valence-electron chi connectivity index (χ0n) is 7.18. The van der Waals surface area contributed by atoms with E-state index in [1.807, 2.05) is 0 Å². The van der Waals surface area contributed by atoms with Crippen LogP contribution in [0.1, 0.15) is 8.44 Å². The molecule has 0 fully saturated rings. The van der Waals surface area contributed by atoms with Crippen LogP contribution in [0.15, 0.2) is 24.3 Å². The third kappa shape index (κ3) is 1.29. The second-order valence-corrected chi connectivity index (χ2v) is 1.58. The lowest BCUT2D eigenvalue weighted by molar-refractivity contribution is 1.00. The molecule has 0 aromatic carbocycles. The number of hydrazine groups is 1. The van der Waals surface area contributed by atoms with Crippen LogP contribution in [0.2, 0.25) is 0 Å². The Hall–Kier alpha value is -1.42. The summed E-state index contributed by atoms with van der Waals surface area (Å²) in [4.78, 5) is 3.74. The number of amidine groups is 1. The van der Waals surface area contributed by atoms with Crippen molar-refractivity contribution in [3.05, 3.63) is 30.0 Å². The summed E-state index contributed by atoms with van der Waals surface area (Å²) < 4.78 is 14.6. The largest absolute Gasteiger partial charge is 0.307 e. The molecule has 4 nitrogen and oxygen atoms in total. The van der Waals surface area contributed by atoms with Gasteiger partial charge >= 0.3 is 0 Å². The molecular weight excluding hydrogens is 128 g/mol. The van der Waals surface area contributed by atoms with E-state index in [2.05, 4.69) is 10.4 Å². The van der Waals surface area contributed by atoms with Crippen LogP contribution in [-0.4, -0.2) is 10.8 Å². The second kappa shape index (κ2) is 2.93. The summed E-state index contributed by atoms with van der Waals surface area (Å²) in [6, 6.07) is 1.32. The number of hydrogen-bond donors (Lipinski definition) is 3. The van der Waals surface area contributed by atoms with Crippen molar-refractivity contribution in [2.75, 3.05) is 0 Å². The van der Waals surface area contributed by atoms with Gasteiger partial charge in [0, 0.05) is 6.20 Å². The molecule has 0 bridgehead atoms. The average molecular weight is 140 g/mol. The predicted molar refractivity (Wildman–Crippen MR) is 38.4 cm³/mol. The van der Waals surface area contributed by atoms with Gasteiger partial charge in [-0.05, 0) is 12.1 Å². The van der Waals surface area contributed by atoms with Crippen molar-refractivity contribution in [1.29, 1.82) is 5.41 Å². The highest BCUT2D eigenvalue weighted by molar-refractivity contribution is 5.93. The summed E-state index contributed by atoms with van der Waals surface area (Å²) in [6.07, 6.45) is 1.36. The van der Waals surface area contributed by atoms with Crippen molar-refractivity contribution in [3.63, 3.8) is 0 Å². The van der Waals surface area contributed by atoms with E-state index in [1.54, 1.807) is 0 Å². The molecule has 0 amide bonds. The molecule has 0 saturated heterocycles. The van der Waals surface area contributed by atoms with E-state index in [9.17, 15) is 0 Å². The third-order valence-electron chi connectivity index (χ3n) is 0.933. The van der Waals surface area contributed by atoms with Gasteiger partial charge < -0.3 is 5.43 Å². The van der Waals surface area contributed by atoms with Crippen LogP contribution in [-0.2, 0) is 0 Å². The molecule has 0 aliphatic rings. The first-order valence-corrected chi connectivity index (χ1v) is 2.64. The summed E-state index contributed by atoms with van der Waals surface area (Å²) in [5.41, 5.74) is 2.15. The quantitative estimate of drug-likeness (QED) is 0.220. The Morgan fingerprint density at radius 2 is 2.70 bits per heavy atom. The summed E-state index contributed by atoms with van der Waals surface area (Å²) in [7, 11) is 0. The van der Waals surface area contributed by atoms with Gasteiger partial charge in [0.1, 0.15) is 5.69 Å². The monoisotopic (exact) mass is 140 g/mol. The van der Waals surface area contributed by atoms with Crippen molar-refractivity contribution in [3.8, 4) is 0 Å². The molecule has 52 valence electrons. The maximum atomic E-state index is 7.34. The van der Waals surface area contributed by atoms with Gasteiger partial charge in [0.25, 0.3) is 0 Å². The van der Waals surface area contributed by atoms with Gasteiger partial charge in [-0.3, -0.25) is 10.4 Å². The maximum absolute atomic E-state index is 7.34. The fourth-order valence-electron chi connectivity index (χ4n) is 0.487. The minimum absolute atomic E-state index is 0.0278. The van der Waals surface area contributed by atoms with E-state index in [-0.39, 0.29) is 23.6 Å². The van der Waals surface area contributed by atoms with Crippen LogP contribution in [0.3, 0.4) is 0 Å². The molecule has 1 aromatic rings. The van der Waals surface area contributed by atoms with Gasteiger partial charge in [-0.15, -0.1) is 0 Å². The number of pyridine rings is 1. The number of hydrogen-bond acceptors (Lipinski definition) is 3. The molecule has 0 aliphatic heterocycles. The lowest BCUT2D eigenvalue weighted by Gasteiger charge is -1.98. The molecular formula is C6H8N4. The Kier molecular flexibility index (Phi) is 1.29.